The molecule has 6 aliphatic heterocycles. The third-order valence-electron chi connectivity index (χ3n) is 22.3. The number of aryl methyl sites for hydroxylation is 11. The smallest absolute Gasteiger partial charge is 0.354 e. The van der Waals surface area contributed by atoms with Crippen LogP contribution in [0.15, 0.2) is 75.7 Å². The molecule has 0 spiro atoms. The van der Waals surface area contributed by atoms with Gasteiger partial charge in [0.2, 0.25) is 29.5 Å². The molecular formula is C83H98Br6Cl2F3N29O11S3. The number of rotatable bonds is 16. The minimum absolute atomic E-state index is 0. The van der Waals surface area contributed by atoms with E-state index in [4.69, 9.17) is 31.2 Å². The fourth-order valence-electron chi connectivity index (χ4n) is 15.5. The number of benzene rings is 1. The zero-order valence-electron chi connectivity index (χ0n) is 75.3. The first kappa shape index (κ1) is 108. The molecule has 1 fully saturated rings. The molecule has 1 saturated carbocycles. The number of ether oxygens (including phenoxy) is 2. The number of carboxylic acids is 2. The molecule has 12 aromatic heterocycles. The van der Waals surface area contributed by atoms with Gasteiger partial charge in [-0.3, -0.25) is 38.0 Å². The Morgan fingerprint density at radius 2 is 0.956 bits per heavy atom. The Hall–Kier alpha value is -9.07. The van der Waals surface area contributed by atoms with E-state index in [1.807, 2.05) is 64.1 Å². The van der Waals surface area contributed by atoms with Crippen molar-refractivity contribution in [1.29, 1.82) is 0 Å². The van der Waals surface area contributed by atoms with Crippen LogP contribution in [-0.4, -0.2) is 215 Å². The molecule has 54 heteroatoms. The average molecular weight is 2380 g/mol. The van der Waals surface area contributed by atoms with E-state index in [1.54, 1.807) is 55.6 Å². The van der Waals surface area contributed by atoms with Crippen molar-refractivity contribution in [2.75, 3.05) is 13.7 Å². The molecule has 736 valence electrons. The molecular weight excluding hydrogens is 2280 g/mol. The molecule has 40 nitrogen and oxygen atoms in total. The SMILES string of the molecule is CC(C)(C)OC(=O)CC1CCn2nc(Br)nc2C1.COC(=O)C1CCn2nc(Br)nc2C1.Cc1nc(-c2cnn(C)c2C(=O)CO)sc1Br.Cc1nc(-c2cnn(C)c2C(=O)O)sc1C1CC1.Cl.Cl.Cn1ncc(-c2nc(C(F)F)cs2)c1C(=O)CC1CCn2nc(Br)nc2C1.NC1CCn2nc(-c3cccc(F)c3)nc2C1.NC1CCn2nc(Br)nc2C1.O=C(O)C1CCn2nc(Br)nc2C1. The molecule has 20 rings (SSSR count). The number of carbonyl (C=O) groups excluding carboxylic acids is 4. The number of methoxy groups -OCH3 is 1. The molecule has 137 heavy (non-hydrogen) atoms. The highest BCUT2D eigenvalue weighted by atomic mass is 79.9. The van der Waals surface area contributed by atoms with Crippen molar-refractivity contribution in [3.63, 3.8) is 0 Å². The summed E-state index contributed by atoms with van der Waals surface area (Å²) in [6.07, 6.45) is 14.5. The maximum absolute atomic E-state index is 13.1. The van der Waals surface area contributed by atoms with Gasteiger partial charge in [-0.05, 0) is 211 Å². The summed E-state index contributed by atoms with van der Waals surface area (Å²) in [5.41, 5.74) is 16.3. The van der Waals surface area contributed by atoms with Crippen LogP contribution in [0.2, 0.25) is 0 Å². The average Bonchev–Trinajstić information content (AvgIpc) is 1.67. The fraction of sp³-hybridized carbons (Fsp3) is 0.494. The van der Waals surface area contributed by atoms with Crippen LogP contribution < -0.4 is 11.5 Å². The third-order valence-corrected chi connectivity index (χ3v) is 28.3. The summed E-state index contributed by atoms with van der Waals surface area (Å²) in [4.78, 5) is 109. The van der Waals surface area contributed by atoms with Crippen LogP contribution in [0.5, 0.6) is 0 Å². The highest BCUT2D eigenvalue weighted by Gasteiger charge is 2.35. The number of Topliss-reactive ketones (excluding diaryl/α,β-unsaturated/α-hetero) is 2. The van der Waals surface area contributed by atoms with E-state index in [-0.39, 0.29) is 95.4 Å². The summed E-state index contributed by atoms with van der Waals surface area (Å²) < 4.78 is 68.1. The molecule has 13 aromatic rings. The first-order valence-electron chi connectivity index (χ1n) is 42.7. The third kappa shape index (κ3) is 28.7. The van der Waals surface area contributed by atoms with Crippen molar-refractivity contribution in [2.45, 2.75) is 207 Å². The Balaban J connectivity index is 0.000000152. The van der Waals surface area contributed by atoms with E-state index in [9.17, 15) is 47.0 Å². The lowest BCUT2D eigenvalue weighted by Gasteiger charge is -2.24. The highest BCUT2D eigenvalue weighted by molar-refractivity contribution is 9.11. The number of nitrogens with two attached hydrogens (primary N) is 2. The van der Waals surface area contributed by atoms with Gasteiger partial charge in [-0.25, -0.2) is 90.9 Å². The van der Waals surface area contributed by atoms with Crippen LogP contribution in [0, 0.1) is 43.3 Å². The molecule has 7 aliphatic rings. The van der Waals surface area contributed by atoms with Gasteiger partial charge in [-0.15, -0.1) is 84.3 Å². The van der Waals surface area contributed by atoms with Crippen molar-refractivity contribution < 1.29 is 66.7 Å². The number of nitrogens with zero attached hydrogens (tertiary/aromatic N) is 27. The van der Waals surface area contributed by atoms with Crippen molar-refractivity contribution >= 4 is 190 Å². The number of esters is 2. The van der Waals surface area contributed by atoms with Crippen LogP contribution >= 0.6 is 154 Å². The highest BCUT2D eigenvalue weighted by Crippen LogP contribution is 2.47. The van der Waals surface area contributed by atoms with Crippen molar-refractivity contribution in [2.24, 2.45) is 56.3 Å². The number of aliphatic hydroxyl groups excluding tert-OH is 1. The number of aromatic carboxylic acids is 1. The Bertz CT molecular complexity index is 6390. The number of halogens is 11. The number of aliphatic carboxylic acids is 1. The second-order valence-corrected chi connectivity index (χ2v) is 41.3. The number of aliphatic hydroxyl groups is 1. The second kappa shape index (κ2) is 48.4. The molecule has 0 saturated heterocycles. The van der Waals surface area contributed by atoms with Crippen molar-refractivity contribution in [1.82, 2.24) is 133 Å². The molecule has 6 atom stereocenters. The van der Waals surface area contributed by atoms with Crippen molar-refractivity contribution in [3.05, 3.63) is 155 Å². The topological polar surface area (TPSA) is 510 Å². The summed E-state index contributed by atoms with van der Waals surface area (Å²) in [6, 6.07) is 6.75. The minimum Gasteiger partial charge on any atom is -0.481 e. The standard InChI is InChI=1S/C16H15BrF2N6OS.C12H18BrN3O2.C12H13FN4.C12H13N3O2S.C10H10BrN3O2S.C8H10BrN3O2.C7H8BrN3O2.C6H9BrN4.2ClH/c1-24-13(9(6-20-24)15-21-10(7-27-15)14(18)19)11(26)4-8-2-3-25-12(5-8)22-16(17)23-25;1-12(2,3)18-10(17)7-8-4-5-16-9(6-8)14-11(13)15-16;13-9-3-1-2-8(6-9)12-15-11-7-10(14)4-5-17(11)16-12;1-6-10(7-3-4-7)18-11(14-6)8-5-13-15(2)9(8)12(16)17;1-5-9(11)17-10(13-5)6-3-12-14(2)8(6)7(16)4-15;1-14-7(13)5-2-3-12-6(4-5)10-8(9)11-12;8-7-9-5-3-4(6(12)13)1-2-11(5)10-7;7-6-9-5-3-4(8)1-2-11(5)10-6;;/h6-8,14H,2-5H2,1H3;8H,4-7H2,1-3H3;1-3,6,10H,4-5,7,14H2;5,7H,3-4H2,1-2H3,(H,16,17);3,15H,4H2,1-2H3;5H,2-4H2,1H3;4H,1-3H2,(H,12,13);4H,1-3,8H2;2*1H. The monoisotopic (exact) mass is 2370 g/mol. The summed E-state index contributed by atoms with van der Waals surface area (Å²) in [5.74, 6) is 3.90. The van der Waals surface area contributed by atoms with Gasteiger partial charge in [-0.2, -0.15) is 20.4 Å². The number of fused-ring (bicyclic) bond motifs is 6. The lowest BCUT2D eigenvalue weighted by atomic mass is 9.91. The summed E-state index contributed by atoms with van der Waals surface area (Å²) in [7, 11) is 6.39. The van der Waals surface area contributed by atoms with Gasteiger partial charge in [0.15, 0.2) is 17.3 Å². The summed E-state index contributed by atoms with van der Waals surface area (Å²) in [5, 5.41) is 67.6. The van der Waals surface area contributed by atoms with Crippen molar-refractivity contribution in [3.8, 4) is 43.1 Å². The van der Waals surface area contributed by atoms with Gasteiger partial charge < -0.3 is 36.3 Å². The Morgan fingerprint density at radius 3 is 1.42 bits per heavy atom. The molecule has 0 bridgehead atoms. The number of alkyl halides is 2. The predicted molar refractivity (Wildman–Crippen MR) is 523 cm³/mol. The van der Waals surface area contributed by atoms with Gasteiger partial charge in [0.25, 0.3) is 6.43 Å². The number of carboxylic acid groups (broad SMARTS) is 2. The van der Waals surface area contributed by atoms with Crippen LogP contribution in [0.25, 0.3) is 43.1 Å². The van der Waals surface area contributed by atoms with E-state index in [0.717, 1.165) is 149 Å². The zero-order valence-corrected chi connectivity index (χ0v) is 88.9. The molecule has 18 heterocycles. The molecule has 7 N–H and O–H groups in total. The van der Waals surface area contributed by atoms with Gasteiger partial charge in [-0.1, -0.05) is 12.1 Å². The Labute approximate surface area is 857 Å². The van der Waals surface area contributed by atoms with Crippen LogP contribution in [0.4, 0.5) is 13.2 Å². The molecule has 1 aromatic carbocycles. The number of hydrogen-bond acceptors (Lipinski definition) is 32. The molecule has 0 radical (unpaired) electrons. The lowest BCUT2D eigenvalue weighted by Crippen LogP contribution is -2.31. The maximum atomic E-state index is 13.1. The Morgan fingerprint density at radius 1 is 0.526 bits per heavy atom. The van der Waals surface area contributed by atoms with E-state index in [0.29, 0.717) is 132 Å². The number of hydrogen-bond donors (Lipinski definition) is 5. The number of carbonyl (C=O) groups is 6. The van der Waals surface area contributed by atoms with Gasteiger partial charge >= 0.3 is 23.9 Å². The molecule has 0 amide bonds. The van der Waals surface area contributed by atoms with Gasteiger partial charge in [0.1, 0.15) is 85.1 Å². The first-order valence-corrected chi connectivity index (χ1v) is 50.0. The molecule has 6 unspecified atom stereocenters. The van der Waals surface area contributed by atoms with E-state index < -0.39 is 30.6 Å². The van der Waals surface area contributed by atoms with Crippen LogP contribution in [-0.2, 0) is 123 Å². The lowest BCUT2D eigenvalue weighted by molar-refractivity contribution is -0.156. The Kier molecular flexibility index (Phi) is 38.3. The molecule has 1 aliphatic carbocycles. The van der Waals surface area contributed by atoms with Crippen LogP contribution in [0.3, 0.4) is 0 Å². The summed E-state index contributed by atoms with van der Waals surface area (Å²) >= 11 is 23.7. The fourth-order valence-corrected chi connectivity index (χ4v) is 20.9. The number of aromatic nitrogens is 27. The number of ketones is 2. The van der Waals surface area contributed by atoms with Gasteiger partial charge in [0.05, 0.1) is 69.4 Å². The zero-order chi connectivity index (χ0) is 97.1. The van der Waals surface area contributed by atoms with E-state index >= 15 is 0 Å². The normalized spacial score (nSPS) is 17.5. The number of thiazole rings is 3. The van der Waals surface area contributed by atoms with Crippen LogP contribution in [0.1, 0.15) is 186 Å². The maximum Gasteiger partial charge on any atom is 0.354 e. The van der Waals surface area contributed by atoms with Gasteiger partial charge in [0, 0.05) is 140 Å². The van der Waals surface area contributed by atoms with E-state index in [2.05, 4.69) is 186 Å². The van der Waals surface area contributed by atoms with E-state index in [1.165, 1.54) is 73.9 Å². The quantitative estimate of drug-likeness (QED) is 0.0443. The largest absolute Gasteiger partial charge is 0.481 e. The summed E-state index contributed by atoms with van der Waals surface area (Å²) in [6.45, 7) is 13.6. The predicted octanol–water partition coefficient (Wildman–Crippen LogP) is 14.2. The first-order chi connectivity index (χ1) is 64.2. The second-order valence-electron chi connectivity index (χ2n) is 33.5. The minimum atomic E-state index is -2.63.